The Morgan fingerprint density at radius 2 is 2.17 bits per heavy atom. The predicted molar refractivity (Wildman–Crippen MR) is 105 cm³/mol. The molecule has 0 bridgehead atoms. The molecule has 1 atom stereocenters. The highest BCUT2D eigenvalue weighted by atomic mass is 32.2. The van der Waals surface area contributed by atoms with Crippen LogP contribution in [-0.2, 0) is 27.5 Å². The number of hydrogen-bond acceptors (Lipinski definition) is 6. The summed E-state index contributed by atoms with van der Waals surface area (Å²) < 4.78 is 44.8. The zero-order chi connectivity index (χ0) is 20.6. The average molecular weight is 420 g/mol. The van der Waals surface area contributed by atoms with Gasteiger partial charge in [0.25, 0.3) is 0 Å². The van der Waals surface area contributed by atoms with Crippen LogP contribution >= 0.6 is 0 Å². The molecule has 10 heteroatoms. The fourth-order valence-electron chi connectivity index (χ4n) is 3.48. The molecule has 8 nitrogen and oxygen atoms in total. The predicted octanol–water partition coefficient (Wildman–Crippen LogP) is 2.21. The van der Waals surface area contributed by atoms with Crippen molar-refractivity contribution in [1.82, 2.24) is 15.0 Å². The Hall–Kier alpha value is -2.75. The number of rotatable bonds is 5. The molecule has 0 N–H and O–H groups in total. The molecule has 0 unspecified atom stereocenters. The lowest BCUT2D eigenvalue weighted by atomic mass is 10.0. The van der Waals surface area contributed by atoms with Gasteiger partial charge in [-0.15, -0.1) is 5.10 Å². The molecule has 1 aromatic heterocycles. The Kier molecular flexibility index (Phi) is 5.12. The molecule has 154 valence electrons. The van der Waals surface area contributed by atoms with Gasteiger partial charge in [-0.1, -0.05) is 18.2 Å². The summed E-state index contributed by atoms with van der Waals surface area (Å²) in [5, 5.41) is 8.02. The minimum absolute atomic E-state index is 0.0161. The Morgan fingerprint density at radius 1 is 1.34 bits per heavy atom. The molecule has 0 aliphatic carbocycles. The van der Waals surface area contributed by atoms with Crippen molar-refractivity contribution in [2.24, 2.45) is 0 Å². The lowest BCUT2D eigenvalue weighted by Crippen LogP contribution is -2.26. The molecule has 0 spiro atoms. The lowest BCUT2D eigenvalue weighted by molar-refractivity contribution is 0.129. The van der Waals surface area contributed by atoms with Crippen LogP contribution in [-0.4, -0.2) is 53.7 Å². The fourth-order valence-corrected chi connectivity index (χ4v) is 4.63. The number of hydrogen-bond donors (Lipinski definition) is 0. The summed E-state index contributed by atoms with van der Waals surface area (Å²) in [6, 6.07) is 4.52. The highest BCUT2D eigenvalue weighted by molar-refractivity contribution is 7.91. The molecular formula is C19H21FN4O4S. The number of carbonyl (C=O) groups is 1. The summed E-state index contributed by atoms with van der Waals surface area (Å²) in [5.41, 5.74) is 2.29. The number of carbonyl (C=O) groups excluding carboxylic acids is 1. The third kappa shape index (κ3) is 4.16. The molecule has 1 fully saturated rings. The number of allylic oxidation sites excluding steroid dienone is 1. The first-order valence-electron chi connectivity index (χ1n) is 9.41. The summed E-state index contributed by atoms with van der Waals surface area (Å²) in [6.45, 7) is 2.63. The van der Waals surface area contributed by atoms with Crippen LogP contribution in [0.4, 0.5) is 14.9 Å². The number of benzene rings is 1. The largest absolute Gasteiger partial charge is 0.442 e. The number of sulfone groups is 1. The summed E-state index contributed by atoms with van der Waals surface area (Å²) in [4.78, 5) is 13.6. The molecule has 1 aromatic carbocycles. The second-order valence-electron chi connectivity index (χ2n) is 7.16. The summed E-state index contributed by atoms with van der Waals surface area (Å²) in [6.07, 6.45) is 3.46. The summed E-state index contributed by atoms with van der Waals surface area (Å²) >= 11 is 0. The van der Waals surface area contributed by atoms with Crippen LogP contribution in [0.1, 0.15) is 24.6 Å². The highest BCUT2D eigenvalue weighted by Crippen LogP contribution is 2.30. The maximum absolute atomic E-state index is 14.7. The first-order valence-corrected chi connectivity index (χ1v) is 11.2. The van der Waals surface area contributed by atoms with Gasteiger partial charge in [-0.05, 0) is 36.6 Å². The maximum Gasteiger partial charge on any atom is 0.414 e. The minimum atomic E-state index is -3.08. The van der Waals surface area contributed by atoms with Crippen molar-refractivity contribution in [3.63, 3.8) is 0 Å². The van der Waals surface area contributed by atoms with E-state index in [9.17, 15) is 17.6 Å². The third-order valence-corrected chi connectivity index (χ3v) is 6.59. The Morgan fingerprint density at radius 3 is 2.83 bits per heavy atom. The van der Waals surface area contributed by atoms with E-state index in [1.807, 2.05) is 13.1 Å². The maximum atomic E-state index is 14.7. The summed E-state index contributed by atoms with van der Waals surface area (Å²) in [5.74, 6) is -0.554. The Bertz CT molecular complexity index is 1080. The van der Waals surface area contributed by atoms with Crippen LogP contribution in [0.25, 0.3) is 5.57 Å². The smallest absolute Gasteiger partial charge is 0.414 e. The SMILES string of the molecule is CCc1cn(C[C@H]2CN(c3ccc(C4=CCS(=O)(=O)CC4)c(F)c3)C(=O)O2)nn1. The van der Waals surface area contributed by atoms with Gasteiger partial charge >= 0.3 is 6.09 Å². The molecule has 4 rings (SSSR count). The van der Waals surface area contributed by atoms with E-state index in [0.717, 1.165) is 12.1 Å². The molecule has 3 heterocycles. The van der Waals surface area contributed by atoms with Crippen LogP contribution in [0.3, 0.4) is 0 Å². The molecule has 0 radical (unpaired) electrons. The van der Waals surface area contributed by atoms with E-state index in [4.69, 9.17) is 4.74 Å². The molecule has 2 aliphatic heterocycles. The normalized spacial score (nSPS) is 21.2. The molecule has 2 aromatic rings. The van der Waals surface area contributed by atoms with Gasteiger partial charge in [-0.2, -0.15) is 0 Å². The van der Waals surface area contributed by atoms with Gasteiger partial charge in [0.1, 0.15) is 11.9 Å². The monoisotopic (exact) mass is 420 g/mol. The number of anilines is 1. The Balaban J connectivity index is 1.48. The number of cyclic esters (lactones) is 1. The van der Waals surface area contributed by atoms with Gasteiger partial charge in [0.05, 0.1) is 36.0 Å². The Labute approximate surface area is 167 Å². The van der Waals surface area contributed by atoms with Gasteiger partial charge in [0.2, 0.25) is 0 Å². The first kappa shape index (κ1) is 19.6. The first-order chi connectivity index (χ1) is 13.8. The second kappa shape index (κ2) is 7.58. The highest BCUT2D eigenvalue weighted by Gasteiger charge is 2.33. The third-order valence-electron chi connectivity index (χ3n) is 5.09. The lowest BCUT2D eigenvalue weighted by Gasteiger charge is -2.17. The zero-order valence-electron chi connectivity index (χ0n) is 15.9. The van der Waals surface area contributed by atoms with E-state index in [-0.39, 0.29) is 24.5 Å². The van der Waals surface area contributed by atoms with Crippen molar-refractivity contribution in [1.29, 1.82) is 0 Å². The van der Waals surface area contributed by atoms with Gasteiger partial charge in [-0.25, -0.2) is 22.3 Å². The molecule has 0 saturated carbocycles. The van der Waals surface area contributed by atoms with Crippen molar-refractivity contribution in [2.45, 2.75) is 32.4 Å². The molecule has 29 heavy (non-hydrogen) atoms. The van der Waals surface area contributed by atoms with E-state index >= 15 is 0 Å². The van der Waals surface area contributed by atoms with Gasteiger partial charge < -0.3 is 4.74 Å². The molecule has 1 amide bonds. The zero-order valence-corrected chi connectivity index (χ0v) is 16.7. The number of ether oxygens (including phenoxy) is 1. The molecule has 2 aliphatic rings. The van der Waals surface area contributed by atoms with Crippen LogP contribution in [0, 0.1) is 5.82 Å². The fraction of sp³-hybridized carbons (Fsp3) is 0.421. The van der Waals surface area contributed by atoms with E-state index < -0.39 is 27.9 Å². The number of aryl methyl sites for hydroxylation is 1. The van der Waals surface area contributed by atoms with E-state index in [1.54, 1.807) is 22.9 Å². The standard InChI is InChI=1S/C19H21FN4O4S/c1-2-14-10-23(22-21-14)11-16-12-24(19(25)28-16)15-3-4-17(18(20)9-15)13-5-7-29(26,27)8-6-13/h3-5,9-10,16H,2,6-8,11-12H2,1H3/t16-/m0/s1. The van der Waals surface area contributed by atoms with Crippen molar-refractivity contribution >= 4 is 27.2 Å². The molecule has 1 saturated heterocycles. The number of amides is 1. The number of nitrogens with zero attached hydrogens (tertiary/aromatic N) is 4. The van der Waals surface area contributed by atoms with Crippen LogP contribution in [0.15, 0.2) is 30.5 Å². The summed E-state index contributed by atoms with van der Waals surface area (Å²) in [7, 11) is -3.08. The van der Waals surface area contributed by atoms with E-state index in [1.165, 1.54) is 11.0 Å². The van der Waals surface area contributed by atoms with Crippen molar-refractivity contribution in [3.8, 4) is 0 Å². The van der Waals surface area contributed by atoms with Gasteiger partial charge in [-0.3, -0.25) is 4.90 Å². The van der Waals surface area contributed by atoms with E-state index in [0.29, 0.717) is 23.4 Å². The van der Waals surface area contributed by atoms with Crippen molar-refractivity contribution < 1.29 is 22.3 Å². The van der Waals surface area contributed by atoms with Gasteiger partial charge in [0.15, 0.2) is 9.84 Å². The van der Waals surface area contributed by atoms with Crippen LogP contribution < -0.4 is 4.90 Å². The van der Waals surface area contributed by atoms with Crippen molar-refractivity contribution in [2.75, 3.05) is 23.0 Å². The van der Waals surface area contributed by atoms with Crippen LogP contribution in [0.5, 0.6) is 0 Å². The minimum Gasteiger partial charge on any atom is -0.442 e. The molecular weight excluding hydrogens is 399 g/mol. The quantitative estimate of drug-likeness (QED) is 0.736. The van der Waals surface area contributed by atoms with Gasteiger partial charge in [0, 0.05) is 11.8 Å². The van der Waals surface area contributed by atoms with E-state index in [2.05, 4.69) is 10.3 Å². The van der Waals surface area contributed by atoms with Crippen LogP contribution in [0.2, 0.25) is 0 Å². The number of aromatic nitrogens is 3. The number of halogens is 1. The topological polar surface area (TPSA) is 94.4 Å². The average Bonchev–Trinajstić information content (AvgIpc) is 3.28. The second-order valence-corrected chi connectivity index (χ2v) is 9.39. The van der Waals surface area contributed by atoms with Crippen molar-refractivity contribution in [3.05, 3.63) is 47.5 Å².